The molecule has 0 saturated heterocycles. The molecule has 0 bridgehead atoms. The van der Waals surface area contributed by atoms with Crippen LogP contribution in [0.25, 0.3) is 6.08 Å². The highest BCUT2D eigenvalue weighted by Gasteiger charge is 2.21. The van der Waals surface area contributed by atoms with E-state index in [1.165, 1.54) is 12.1 Å². The van der Waals surface area contributed by atoms with Gasteiger partial charge < -0.3 is 5.32 Å². The molecule has 0 atom stereocenters. The van der Waals surface area contributed by atoms with Crippen molar-refractivity contribution in [3.63, 3.8) is 0 Å². The zero-order chi connectivity index (χ0) is 19.4. The van der Waals surface area contributed by atoms with E-state index in [0.717, 1.165) is 5.56 Å². The molecular formula is C20H24N2O3S. The third-order valence-corrected chi connectivity index (χ3v) is 5.18. The molecule has 2 aromatic rings. The topological polar surface area (TPSA) is 75.3 Å². The molecule has 0 heterocycles. The molecule has 1 amide bonds. The first kappa shape index (κ1) is 19.9. The first-order valence-electron chi connectivity index (χ1n) is 8.26. The number of carbonyl (C=O) groups is 1. The number of carbonyl (C=O) groups excluding carboxylic acids is 1. The second kappa shape index (κ2) is 7.85. The second-order valence-corrected chi connectivity index (χ2v) is 8.75. The predicted octanol–water partition coefficient (Wildman–Crippen LogP) is 3.81. The minimum atomic E-state index is -3.59. The molecule has 2 rings (SSSR count). The molecule has 2 aromatic carbocycles. The first-order valence-corrected chi connectivity index (χ1v) is 9.74. The quantitative estimate of drug-likeness (QED) is 0.784. The van der Waals surface area contributed by atoms with Crippen molar-refractivity contribution >= 4 is 27.7 Å². The first-order chi connectivity index (χ1) is 12.1. The van der Waals surface area contributed by atoms with Crippen molar-refractivity contribution in [2.45, 2.75) is 38.1 Å². The van der Waals surface area contributed by atoms with E-state index in [1.807, 2.05) is 30.3 Å². The van der Waals surface area contributed by atoms with Gasteiger partial charge in [-0.15, -0.1) is 0 Å². The SMILES string of the molecule is C/C(=C\c1ccccc1)C(=O)Nc1ccc(S(=O)(=O)NC(C)(C)C)cc1. The summed E-state index contributed by atoms with van der Waals surface area (Å²) in [6.45, 7) is 7.07. The molecule has 0 aliphatic carbocycles. The Hall–Kier alpha value is -2.44. The summed E-state index contributed by atoms with van der Waals surface area (Å²) in [4.78, 5) is 12.4. The highest BCUT2D eigenvalue weighted by Crippen LogP contribution is 2.17. The van der Waals surface area contributed by atoms with E-state index in [-0.39, 0.29) is 10.8 Å². The number of rotatable bonds is 5. The van der Waals surface area contributed by atoms with E-state index in [0.29, 0.717) is 11.3 Å². The standard InChI is InChI=1S/C20H24N2O3S/c1-15(14-16-8-6-5-7-9-16)19(23)21-17-10-12-18(13-11-17)26(24,25)22-20(2,3)4/h5-14,22H,1-4H3,(H,21,23)/b15-14+. The molecule has 0 unspecified atom stereocenters. The number of anilines is 1. The lowest BCUT2D eigenvalue weighted by Crippen LogP contribution is -2.40. The van der Waals surface area contributed by atoms with Crippen molar-refractivity contribution in [2.75, 3.05) is 5.32 Å². The molecule has 0 radical (unpaired) electrons. The van der Waals surface area contributed by atoms with Gasteiger partial charge in [0.05, 0.1) is 4.90 Å². The summed E-state index contributed by atoms with van der Waals surface area (Å²) >= 11 is 0. The van der Waals surface area contributed by atoms with Crippen LogP contribution in [0.2, 0.25) is 0 Å². The Kier molecular flexibility index (Phi) is 6.00. The minimum absolute atomic E-state index is 0.155. The van der Waals surface area contributed by atoms with Crippen LogP contribution in [0.15, 0.2) is 65.1 Å². The zero-order valence-corrected chi connectivity index (χ0v) is 16.2. The Morgan fingerprint density at radius 3 is 2.08 bits per heavy atom. The molecule has 6 heteroatoms. The Morgan fingerprint density at radius 2 is 1.54 bits per heavy atom. The monoisotopic (exact) mass is 372 g/mol. The summed E-state index contributed by atoms with van der Waals surface area (Å²) in [6, 6.07) is 15.6. The predicted molar refractivity (Wildman–Crippen MR) is 105 cm³/mol. The van der Waals surface area contributed by atoms with Crippen LogP contribution in [-0.2, 0) is 14.8 Å². The molecule has 0 aliphatic rings. The van der Waals surface area contributed by atoms with E-state index in [4.69, 9.17) is 0 Å². The van der Waals surface area contributed by atoms with Crippen LogP contribution in [0, 0.1) is 0 Å². The summed E-state index contributed by atoms with van der Waals surface area (Å²) in [5.74, 6) is -0.239. The number of sulfonamides is 1. The third-order valence-electron chi connectivity index (χ3n) is 3.40. The fourth-order valence-corrected chi connectivity index (χ4v) is 3.69. The van der Waals surface area contributed by atoms with Crippen LogP contribution in [0.5, 0.6) is 0 Å². The van der Waals surface area contributed by atoms with Gasteiger partial charge in [0, 0.05) is 16.8 Å². The van der Waals surface area contributed by atoms with Gasteiger partial charge in [-0.1, -0.05) is 30.3 Å². The van der Waals surface area contributed by atoms with Gasteiger partial charge in [0.1, 0.15) is 0 Å². The van der Waals surface area contributed by atoms with Crippen LogP contribution >= 0.6 is 0 Å². The van der Waals surface area contributed by atoms with E-state index >= 15 is 0 Å². The fraction of sp³-hybridized carbons (Fsp3) is 0.250. The van der Waals surface area contributed by atoms with Crippen molar-refractivity contribution in [3.8, 4) is 0 Å². The van der Waals surface area contributed by atoms with Gasteiger partial charge in [0.15, 0.2) is 0 Å². The van der Waals surface area contributed by atoms with E-state index in [9.17, 15) is 13.2 Å². The van der Waals surface area contributed by atoms with E-state index < -0.39 is 15.6 Å². The van der Waals surface area contributed by atoms with Crippen molar-refractivity contribution in [1.82, 2.24) is 4.72 Å². The largest absolute Gasteiger partial charge is 0.322 e. The van der Waals surface area contributed by atoms with Gasteiger partial charge in [0.2, 0.25) is 10.0 Å². The third kappa shape index (κ3) is 5.82. The lowest BCUT2D eigenvalue weighted by molar-refractivity contribution is -0.112. The molecule has 138 valence electrons. The van der Waals surface area contributed by atoms with E-state index in [2.05, 4.69) is 10.0 Å². The summed E-state index contributed by atoms with van der Waals surface area (Å²) in [5.41, 5.74) is 1.47. The molecule has 0 spiro atoms. The number of amides is 1. The maximum absolute atomic E-state index is 12.3. The van der Waals surface area contributed by atoms with Gasteiger partial charge in [-0.2, -0.15) is 0 Å². The van der Waals surface area contributed by atoms with E-state index in [1.54, 1.807) is 45.9 Å². The second-order valence-electron chi connectivity index (χ2n) is 7.07. The lowest BCUT2D eigenvalue weighted by atomic mass is 10.1. The number of hydrogen-bond acceptors (Lipinski definition) is 3. The van der Waals surface area contributed by atoms with Crippen molar-refractivity contribution in [2.24, 2.45) is 0 Å². The Balaban J connectivity index is 2.09. The van der Waals surface area contributed by atoms with Crippen LogP contribution in [0.4, 0.5) is 5.69 Å². The highest BCUT2D eigenvalue weighted by atomic mass is 32.2. The molecular weight excluding hydrogens is 348 g/mol. The lowest BCUT2D eigenvalue weighted by Gasteiger charge is -2.20. The molecule has 26 heavy (non-hydrogen) atoms. The number of nitrogens with one attached hydrogen (secondary N) is 2. The molecule has 5 nitrogen and oxygen atoms in total. The minimum Gasteiger partial charge on any atom is -0.322 e. The molecule has 0 aromatic heterocycles. The molecule has 0 aliphatic heterocycles. The molecule has 0 saturated carbocycles. The van der Waals surface area contributed by atoms with Gasteiger partial charge in [0.25, 0.3) is 5.91 Å². The molecule has 2 N–H and O–H groups in total. The smallest absolute Gasteiger partial charge is 0.251 e. The summed E-state index contributed by atoms with van der Waals surface area (Å²) in [6.07, 6.45) is 1.79. The van der Waals surface area contributed by atoms with Crippen LogP contribution in [0.3, 0.4) is 0 Å². The summed E-state index contributed by atoms with van der Waals surface area (Å²) < 4.78 is 27.2. The van der Waals surface area contributed by atoms with Crippen molar-refractivity contribution in [3.05, 3.63) is 65.7 Å². The maximum Gasteiger partial charge on any atom is 0.251 e. The van der Waals surface area contributed by atoms with Crippen LogP contribution in [0.1, 0.15) is 33.3 Å². The fourth-order valence-electron chi connectivity index (χ4n) is 2.27. The van der Waals surface area contributed by atoms with Gasteiger partial charge in [-0.05, 0) is 63.6 Å². The van der Waals surface area contributed by atoms with Gasteiger partial charge in [-0.3, -0.25) is 4.79 Å². The number of benzene rings is 2. The van der Waals surface area contributed by atoms with Crippen LogP contribution < -0.4 is 10.0 Å². The summed E-state index contributed by atoms with van der Waals surface area (Å²) in [5, 5.41) is 2.77. The van der Waals surface area contributed by atoms with Crippen LogP contribution in [-0.4, -0.2) is 19.9 Å². The number of hydrogen-bond donors (Lipinski definition) is 2. The average Bonchev–Trinajstić information content (AvgIpc) is 2.54. The summed E-state index contributed by atoms with van der Waals surface area (Å²) in [7, 11) is -3.59. The molecule has 0 fully saturated rings. The Bertz CT molecular complexity index is 894. The van der Waals surface area contributed by atoms with Crippen molar-refractivity contribution < 1.29 is 13.2 Å². The maximum atomic E-state index is 12.3. The van der Waals surface area contributed by atoms with Gasteiger partial charge in [-0.25, -0.2) is 13.1 Å². The Morgan fingerprint density at radius 1 is 0.962 bits per heavy atom. The normalized spacial score (nSPS) is 12.7. The van der Waals surface area contributed by atoms with Gasteiger partial charge >= 0.3 is 0 Å². The highest BCUT2D eigenvalue weighted by molar-refractivity contribution is 7.89. The Labute approximate surface area is 155 Å². The van der Waals surface area contributed by atoms with Crippen molar-refractivity contribution in [1.29, 1.82) is 0 Å². The zero-order valence-electron chi connectivity index (χ0n) is 15.4. The average molecular weight is 372 g/mol.